The first-order chi connectivity index (χ1) is 13.8. The molecule has 0 radical (unpaired) electrons. The second-order valence-electron chi connectivity index (χ2n) is 5.75. The first-order valence-corrected chi connectivity index (χ1v) is 8.86. The Balaban J connectivity index is 1.82. The van der Waals surface area contributed by atoms with Crippen molar-refractivity contribution in [3.63, 3.8) is 0 Å². The van der Waals surface area contributed by atoms with Gasteiger partial charge in [-0.2, -0.15) is 4.98 Å². The van der Waals surface area contributed by atoms with Crippen LogP contribution in [0.15, 0.2) is 48.8 Å². The van der Waals surface area contributed by atoms with E-state index in [9.17, 15) is 14.9 Å². The van der Waals surface area contributed by atoms with Crippen LogP contribution in [0.5, 0.6) is 11.6 Å². The minimum Gasteiger partial charge on any atom is -0.434 e. The quantitative estimate of drug-likeness (QED) is 0.432. The number of aromatic nitrogens is 2. The van der Waals surface area contributed by atoms with E-state index in [1.165, 1.54) is 18.2 Å². The monoisotopic (exact) mass is 433 g/mol. The van der Waals surface area contributed by atoms with Crippen LogP contribution in [0.2, 0.25) is 10.0 Å². The normalized spacial score (nSPS) is 10.3. The molecule has 0 saturated heterocycles. The molecular weight excluding hydrogens is 421 g/mol. The number of nitrogens with one attached hydrogen (secondary N) is 2. The molecule has 2 N–H and O–H groups in total. The Morgan fingerprint density at radius 3 is 2.52 bits per heavy atom. The molecule has 3 rings (SSSR count). The minimum absolute atomic E-state index is 0.122. The Morgan fingerprint density at radius 2 is 1.86 bits per heavy atom. The van der Waals surface area contributed by atoms with Gasteiger partial charge in [0, 0.05) is 5.02 Å². The van der Waals surface area contributed by atoms with E-state index in [0.717, 1.165) is 11.9 Å². The molecule has 0 spiro atoms. The van der Waals surface area contributed by atoms with Crippen LogP contribution in [-0.4, -0.2) is 20.8 Å². The molecule has 1 heterocycles. The molecule has 148 valence electrons. The number of carbonyl (C=O) groups is 1. The number of nitrogens with zero attached hydrogens (tertiary/aromatic N) is 3. The molecule has 0 unspecified atom stereocenters. The molecule has 1 amide bonds. The second kappa shape index (κ2) is 8.72. The van der Waals surface area contributed by atoms with E-state index in [2.05, 4.69) is 20.8 Å². The fraction of sp³-hybridized carbons (Fsp3) is 0.0556. The molecule has 0 saturated carbocycles. The van der Waals surface area contributed by atoms with Crippen molar-refractivity contribution in [2.24, 2.45) is 0 Å². The zero-order valence-electron chi connectivity index (χ0n) is 14.8. The van der Waals surface area contributed by atoms with Gasteiger partial charge in [0.2, 0.25) is 5.82 Å². The fourth-order valence-corrected chi connectivity index (χ4v) is 2.76. The Bertz CT molecular complexity index is 1080. The predicted octanol–water partition coefficient (Wildman–Crippen LogP) is 4.55. The van der Waals surface area contributed by atoms with Crippen molar-refractivity contribution >= 4 is 40.6 Å². The van der Waals surface area contributed by atoms with Gasteiger partial charge in [0.15, 0.2) is 0 Å². The lowest BCUT2D eigenvalue weighted by molar-refractivity contribution is -0.385. The maximum Gasteiger partial charge on any atom is 0.374 e. The van der Waals surface area contributed by atoms with Crippen LogP contribution in [0.1, 0.15) is 15.9 Å². The van der Waals surface area contributed by atoms with E-state index in [4.69, 9.17) is 27.9 Å². The standard InChI is InChI=1S/C18H13Cl2N5O4/c1-10-2-5-12(6-3-10)29-18-15(25(27)28)16(21-9-22-18)23-24-17(26)13-7-4-11(19)8-14(13)20/h2-9H,1H3,(H,24,26)(H,21,22,23). The Morgan fingerprint density at radius 1 is 1.14 bits per heavy atom. The summed E-state index contributed by atoms with van der Waals surface area (Å²) in [5.74, 6) is -0.818. The Labute approximate surface area is 174 Å². The van der Waals surface area contributed by atoms with Gasteiger partial charge in [0.05, 0.1) is 15.5 Å². The predicted molar refractivity (Wildman–Crippen MR) is 107 cm³/mol. The first-order valence-electron chi connectivity index (χ1n) is 8.10. The number of carbonyl (C=O) groups excluding carboxylic acids is 1. The SMILES string of the molecule is Cc1ccc(Oc2ncnc(NNC(=O)c3ccc(Cl)cc3Cl)c2[N+](=O)[O-])cc1. The van der Waals surface area contributed by atoms with Gasteiger partial charge in [-0.3, -0.25) is 25.8 Å². The van der Waals surface area contributed by atoms with E-state index in [1.807, 2.05) is 6.92 Å². The van der Waals surface area contributed by atoms with Crippen LogP contribution >= 0.6 is 23.2 Å². The smallest absolute Gasteiger partial charge is 0.374 e. The number of anilines is 1. The summed E-state index contributed by atoms with van der Waals surface area (Å²) < 4.78 is 5.51. The summed E-state index contributed by atoms with van der Waals surface area (Å²) in [6.07, 6.45) is 1.07. The number of hydrazine groups is 1. The zero-order chi connectivity index (χ0) is 21.0. The number of hydrogen-bond acceptors (Lipinski definition) is 7. The van der Waals surface area contributed by atoms with Crippen molar-refractivity contribution in [3.05, 3.63) is 80.1 Å². The van der Waals surface area contributed by atoms with Crippen molar-refractivity contribution in [2.75, 3.05) is 5.43 Å². The average molecular weight is 434 g/mol. The zero-order valence-corrected chi connectivity index (χ0v) is 16.4. The Hall–Kier alpha value is -3.43. The van der Waals surface area contributed by atoms with Gasteiger partial charge in [-0.05, 0) is 37.3 Å². The van der Waals surface area contributed by atoms with Gasteiger partial charge in [-0.15, -0.1) is 0 Å². The molecule has 0 fully saturated rings. The summed E-state index contributed by atoms with van der Waals surface area (Å²) in [5, 5.41) is 12.0. The maximum atomic E-state index is 12.3. The van der Waals surface area contributed by atoms with E-state index in [1.54, 1.807) is 24.3 Å². The van der Waals surface area contributed by atoms with E-state index >= 15 is 0 Å². The lowest BCUT2D eigenvalue weighted by atomic mass is 10.2. The van der Waals surface area contributed by atoms with E-state index in [-0.39, 0.29) is 22.3 Å². The summed E-state index contributed by atoms with van der Waals surface area (Å²) in [6.45, 7) is 1.90. The van der Waals surface area contributed by atoms with E-state index < -0.39 is 16.5 Å². The molecule has 2 aromatic carbocycles. The van der Waals surface area contributed by atoms with Crippen molar-refractivity contribution in [2.45, 2.75) is 6.92 Å². The average Bonchev–Trinajstić information content (AvgIpc) is 2.67. The highest BCUT2D eigenvalue weighted by Crippen LogP contribution is 2.33. The summed E-state index contributed by atoms with van der Waals surface area (Å²) in [5.41, 5.74) is 5.29. The van der Waals surface area contributed by atoms with Gasteiger partial charge < -0.3 is 4.74 Å². The largest absolute Gasteiger partial charge is 0.434 e. The maximum absolute atomic E-state index is 12.3. The molecule has 9 nitrogen and oxygen atoms in total. The number of ether oxygens (including phenoxy) is 1. The molecule has 0 atom stereocenters. The lowest BCUT2D eigenvalue weighted by Gasteiger charge is -2.11. The molecule has 0 aliphatic rings. The van der Waals surface area contributed by atoms with Crippen molar-refractivity contribution < 1.29 is 14.5 Å². The van der Waals surface area contributed by atoms with Crippen LogP contribution in [0.3, 0.4) is 0 Å². The third-order valence-corrected chi connectivity index (χ3v) is 4.22. The van der Waals surface area contributed by atoms with Crippen molar-refractivity contribution in [1.29, 1.82) is 0 Å². The van der Waals surface area contributed by atoms with Crippen LogP contribution in [0.25, 0.3) is 0 Å². The van der Waals surface area contributed by atoms with Crippen LogP contribution in [0.4, 0.5) is 11.5 Å². The third kappa shape index (κ3) is 4.89. The summed E-state index contributed by atoms with van der Waals surface area (Å²) in [4.78, 5) is 30.8. The topological polar surface area (TPSA) is 119 Å². The molecule has 0 aliphatic heterocycles. The van der Waals surface area contributed by atoms with Crippen molar-refractivity contribution in [3.8, 4) is 11.6 Å². The van der Waals surface area contributed by atoms with Crippen LogP contribution < -0.4 is 15.6 Å². The van der Waals surface area contributed by atoms with Gasteiger partial charge in [0.1, 0.15) is 12.1 Å². The Kier molecular flexibility index (Phi) is 6.10. The van der Waals surface area contributed by atoms with Crippen molar-refractivity contribution in [1.82, 2.24) is 15.4 Å². The molecule has 29 heavy (non-hydrogen) atoms. The number of nitro groups is 1. The van der Waals surface area contributed by atoms with Crippen LogP contribution in [-0.2, 0) is 0 Å². The first kappa shape index (κ1) is 20.3. The van der Waals surface area contributed by atoms with Gasteiger partial charge >= 0.3 is 11.6 Å². The number of amides is 1. The minimum atomic E-state index is -0.715. The second-order valence-corrected chi connectivity index (χ2v) is 6.60. The summed E-state index contributed by atoms with van der Waals surface area (Å²) in [6, 6.07) is 11.2. The lowest BCUT2D eigenvalue weighted by Crippen LogP contribution is -2.30. The molecule has 0 aliphatic carbocycles. The number of hydrogen-bond donors (Lipinski definition) is 2. The third-order valence-electron chi connectivity index (χ3n) is 3.68. The molecule has 1 aromatic heterocycles. The number of halogens is 2. The molecule has 0 bridgehead atoms. The fourth-order valence-electron chi connectivity index (χ4n) is 2.27. The number of benzene rings is 2. The number of aryl methyl sites for hydroxylation is 1. The highest BCUT2D eigenvalue weighted by atomic mass is 35.5. The van der Waals surface area contributed by atoms with Gasteiger partial charge in [-0.25, -0.2) is 4.98 Å². The summed E-state index contributed by atoms with van der Waals surface area (Å²) in [7, 11) is 0. The summed E-state index contributed by atoms with van der Waals surface area (Å²) >= 11 is 11.8. The molecular formula is C18H13Cl2N5O4. The van der Waals surface area contributed by atoms with E-state index in [0.29, 0.717) is 10.8 Å². The van der Waals surface area contributed by atoms with Gasteiger partial charge in [0.25, 0.3) is 5.91 Å². The molecule has 3 aromatic rings. The van der Waals surface area contributed by atoms with Crippen LogP contribution in [0, 0.1) is 17.0 Å². The molecule has 11 heteroatoms. The van der Waals surface area contributed by atoms with Gasteiger partial charge in [-0.1, -0.05) is 40.9 Å². The number of rotatable bonds is 6. The highest BCUT2D eigenvalue weighted by Gasteiger charge is 2.25. The highest BCUT2D eigenvalue weighted by molar-refractivity contribution is 6.36.